The van der Waals surface area contributed by atoms with Crippen molar-refractivity contribution in [2.24, 2.45) is 0 Å². The zero-order valence-corrected chi connectivity index (χ0v) is 14.2. The Kier molecular flexibility index (Phi) is 4.91. The Balaban J connectivity index is 1.89. The fourth-order valence-electron chi connectivity index (χ4n) is 2.08. The van der Waals surface area contributed by atoms with Crippen LogP contribution in [0.3, 0.4) is 0 Å². The maximum atomic E-state index is 12.3. The lowest BCUT2D eigenvalue weighted by atomic mass is 10.1. The number of aromatic amines is 1. The fourth-order valence-corrected chi connectivity index (χ4v) is 2.82. The summed E-state index contributed by atoms with van der Waals surface area (Å²) in [6.45, 7) is 0. The number of allylic oxidation sites excluding steroid dienone is 4. The van der Waals surface area contributed by atoms with Crippen LogP contribution in [-0.2, 0) is 0 Å². The maximum Gasteiger partial charge on any atom is 0.274 e. The van der Waals surface area contributed by atoms with Crippen LogP contribution in [0.15, 0.2) is 48.0 Å². The summed E-state index contributed by atoms with van der Waals surface area (Å²) in [7, 11) is 0. The number of carbonyl (C=O) groups is 1. The van der Waals surface area contributed by atoms with Gasteiger partial charge in [0.15, 0.2) is 9.90 Å². The van der Waals surface area contributed by atoms with Crippen LogP contribution in [0.4, 0.5) is 5.13 Å². The molecule has 10 heteroatoms. The molecule has 25 heavy (non-hydrogen) atoms. The van der Waals surface area contributed by atoms with Gasteiger partial charge >= 0.3 is 0 Å². The molecule has 0 saturated heterocycles. The molecule has 2 aromatic heterocycles. The van der Waals surface area contributed by atoms with Crippen molar-refractivity contribution in [2.75, 3.05) is 5.32 Å². The van der Waals surface area contributed by atoms with E-state index in [0.29, 0.717) is 16.4 Å². The first-order valence-corrected chi connectivity index (χ1v) is 8.34. The smallest absolute Gasteiger partial charge is 0.274 e. The van der Waals surface area contributed by atoms with E-state index >= 15 is 0 Å². The first-order chi connectivity index (χ1) is 12.0. The average molecular weight is 373 g/mol. The molecule has 2 aromatic rings. The largest absolute Gasteiger partial charge is 0.326 e. The molecule has 126 valence electrons. The van der Waals surface area contributed by atoms with Crippen LogP contribution in [0.5, 0.6) is 0 Å². The van der Waals surface area contributed by atoms with Gasteiger partial charge in [0.2, 0.25) is 6.04 Å². The molecular weight excluding hydrogens is 362 g/mol. The number of thiazole rings is 1. The normalized spacial score (nSPS) is 16.2. The number of nitrogens with one attached hydrogen (secondary N) is 2. The molecule has 1 amide bonds. The molecule has 3 rings (SSSR count). The zero-order valence-electron chi connectivity index (χ0n) is 12.6. The standard InChI is InChI=1S/C15H11N5O3S2/c21-13(19-15-16-6-7-25-15)12-8-11(17-14(24)18-12)9-2-1-3-10(5-4-9)20(22)23/h1-8,10H,(H,16,19,21)(H,17,18,24)/t10-/m1/s1. The molecule has 0 saturated carbocycles. The number of anilines is 1. The summed E-state index contributed by atoms with van der Waals surface area (Å²) in [5.41, 5.74) is 1.28. The third-order valence-corrected chi connectivity index (χ3v) is 4.12. The number of nitro groups is 1. The van der Waals surface area contributed by atoms with E-state index in [9.17, 15) is 14.9 Å². The molecule has 8 nitrogen and oxygen atoms in total. The van der Waals surface area contributed by atoms with Crippen LogP contribution in [0.1, 0.15) is 16.2 Å². The summed E-state index contributed by atoms with van der Waals surface area (Å²) in [6, 6.07) is 0.634. The Morgan fingerprint density at radius 1 is 1.44 bits per heavy atom. The minimum absolute atomic E-state index is 0.134. The van der Waals surface area contributed by atoms with Gasteiger partial charge in [-0.05, 0) is 36.5 Å². The summed E-state index contributed by atoms with van der Waals surface area (Å²) in [5.74, 6) is -0.401. The number of hydrogen-bond acceptors (Lipinski definition) is 7. The lowest BCUT2D eigenvalue weighted by Gasteiger charge is -2.05. The Labute approximate surface area is 150 Å². The summed E-state index contributed by atoms with van der Waals surface area (Å²) in [5, 5.41) is 15.7. The van der Waals surface area contributed by atoms with Gasteiger partial charge in [0, 0.05) is 22.1 Å². The highest BCUT2D eigenvalue weighted by atomic mass is 32.1. The number of carbonyl (C=O) groups excluding carboxylic acids is 1. The number of aromatic nitrogens is 3. The molecule has 0 aliphatic heterocycles. The summed E-state index contributed by atoms with van der Waals surface area (Å²) >= 11 is 6.38. The van der Waals surface area contributed by atoms with E-state index < -0.39 is 16.9 Å². The summed E-state index contributed by atoms with van der Waals surface area (Å²) in [6.07, 6.45) is 9.35. The first-order valence-electron chi connectivity index (χ1n) is 7.06. The van der Waals surface area contributed by atoms with Gasteiger partial charge in [-0.25, -0.2) is 9.97 Å². The van der Waals surface area contributed by atoms with Gasteiger partial charge in [-0.1, -0.05) is 12.2 Å². The van der Waals surface area contributed by atoms with E-state index in [-0.39, 0.29) is 10.5 Å². The van der Waals surface area contributed by atoms with Crippen molar-refractivity contribution in [3.8, 4) is 0 Å². The van der Waals surface area contributed by atoms with Crippen molar-refractivity contribution in [3.63, 3.8) is 0 Å². The van der Waals surface area contributed by atoms with Crippen LogP contribution in [-0.4, -0.2) is 31.8 Å². The molecule has 2 heterocycles. The highest BCUT2D eigenvalue weighted by Gasteiger charge is 2.15. The van der Waals surface area contributed by atoms with E-state index in [0.717, 1.165) is 0 Å². The highest BCUT2D eigenvalue weighted by molar-refractivity contribution is 7.71. The molecule has 1 aliphatic rings. The lowest BCUT2D eigenvalue weighted by Crippen LogP contribution is -2.14. The van der Waals surface area contributed by atoms with Gasteiger partial charge in [0.05, 0.1) is 5.69 Å². The number of rotatable bonds is 4. The summed E-state index contributed by atoms with van der Waals surface area (Å²) in [4.78, 5) is 33.7. The quantitative estimate of drug-likeness (QED) is 0.484. The van der Waals surface area contributed by atoms with Crippen molar-refractivity contribution < 1.29 is 9.72 Å². The Morgan fingerprint density at radius 2 is 2.28 bits per heavy atom. The van der Waals surface area contributed by atoms with E-state index in [1.54, 1.807) is 29.8 Å². The monoisotopic (exact) mass is 373 g/mol. The van der Waals surface area contributed by atoms with Crippen molar-refractivity contribution in [1.29, 1.82) is 0 Å². The molecule has 0 unspecified atom stereocenters. The van der Waals surface area contributed by atoms with E-state index in [2.05, 4.69) is 20.3 Å². The molecule has 1 atom stereocenters. The molecule has 2 N–H and O–H groups in total. The molecule has 0 spiro atoms. The van der Waals surface area contributed by atoms with Gasteiger partial charge in [0.1, 0.15) is 5.69 Å². The second kappa shape index (κ2) is 7.28. The second-order valence-electron chi connectivity index (χ2n) is 4.92. The molecule has 0 fully saturated rings. The minimum atomic E-state index is -0.903. The molecule has 0 radical (unpaired) electrons. The lowest BCUT2D eigenvalue weighted by molar-refractivity contribution is -0.496. The minimum Gasteiger partial charge on any atom is -0.326 e. The van der Waals surface area contributed by atoms with Gasteiger partial charge in [0.25, 0.3) is 5.91 Å². The fraction of sp³-hybridized carbons (Fsp3) is 0.0667. The average Bonchev–Trinajstić information content (AvgIpc) is 2.95. The predicted octanol–water partition coefficient (Wildman–Crippen LogP) is 3.00. The Morgan fingerprint density at radius 3 is 3.00 bits per heavy atom. The van der Waals surface area contributed by atoms with Crippen molar-refractivity contribution in [1.82, 2.24) is 15.0 Å². The topological polar surface area (TPSA) is 114 Å². The zero-order chi connectivity index (χ0) is 17.8. The third kappa shape index (κ3) is 4.11. The molecule has 0 bridgehead atoms. The van der Waals surface area contributed by atoms with Crippen LogP contribution < -0.4 is 5.32 Å². The predicted molar refractivity (Wildman–Crippen MR) is 96.5 cm³/mol. The van der Waals surface area contributed by atoms with Crippen LogP contribution in [0.25, 0.3) is 5.57 Å². The Hall–Kier alpha value is -2.98. The number of nitrogens with zero attached hydrogens (tertiary/aromatic N) is 3. The van der Waals surface area contributed by atoms with Crippen LogP contribution >= 0.6 is 23.6 Å². The molecule has 1 aliphatic carbocycles. The number of H-pyrrole nitrogens is 1. The number of hydrogen-bond donors (Lipinski definition) is 2. The molecular formula is C15H11N5O3S2. The second-order valence-corrected chi connectivity index (χ2v) is 6.20. The molecule has 0 aromatic carbocycles. The van der Waals surface area contributed by atoms with E-state index in [4.69, 9.17) is 12.2 Å². The first kappa shape index (κ1) is 16.9. The van der Waals surface area contributed by atoms with Gasteiger partial charge in [-0.15, -0.1) is 11.3 Å². The SMILES string of the molecule is O=C(Nc1nccs1)c1cc(C2=CC=C[C@@H]([N+](=O)[O-])C=C2)nc(=S)[nH]1. The van der Waals surface area contributed by atoms with Gasteiger partial charge < -0.3 is 4.98 Å². The van der Waals surface area contributed by atoms with Crippen molar-refractivity contribution in [3.05, 3.63) is 74.3 Å². The van der Waals surface area contributed by atoms with Crippen LogP contribution in [0.2, 0.25) is 0 Å². The number of amides is 1. The third-order valence-electron chi connectivity index (χ3n) is 3.24. The summed E-state index contributed by atoms with van der Waals surface area (Å²) < 4.78 is 0.134. The highest BCUT2D eigenvalue weighted by Crippen LogP contribution is 2.19. The maximum absolute atomic E-state index is 12.3. The van der Waals surface area contributed by atoms with E-state index in [1.807, 2.05) is 0 Å². The van der Waals surface area contributed by atoms with E-state index in [1.165, 1.54) is 29.6 Å². The van der Waals surface area contributed by atoms with Crippen molar-refractivity contribution in [2.45, 2.75) is 6.04 Å². The van der Waals surface area contributed by atoms with Crippen LogP contribution in [0, 0.1) is 14.9 Å². The Bertz CT molecular complexity index is 960. The van der Waals surface area contributed by atoms with Crippen molar-refractivity contribution >= 4 is 40.2 Å². The van der Waals surface area contributed by atoms with Gasteiger partial charge in [-0.2, -0.15) is 0 Å². The van der Waals surface area contributed by atoms with Gasteiger partial charge in [-0.3, -0.25) is 20.2 Å².